The first-order valence-corrected chi connectivity index (χ1v) is 16.1. The Balaban J connectivity index is 1.44. The largest absolute Gasteiger partial charge is 0.496 e. The molecule has 48 heavy (non-hydrogen) atoms. The maximum absolute atomic E-state index is 14.5. The molecular weight excluding hydrogens is 649 g/mol. The normalized spacial score (nSPS) is 24.1. The SMILES string of the molecule is COc1ccc(OP(=O)(N[C@@H](C)C(=O)OCc2ccccc2)OC[C@@]2(N=[N+]=[N-])O[C@@H](N3C=CC(=O)CC3=O)[C@H](O)[C@@H]2O)c2ccccc12. The summed E-state index contributed by atoms with van der Waals surface area (Å²) in [7, 11) is -3.22. The van der Waals surface area contributed by atoms with Gasteiger partial charge in [-0.1, -0.05) is 59.7 Å². The molecule has 1 amide bonds. The molecule has 1 fully saturated rings. The van der Waals surface area contributed by atoms with Crippen LogP contribution in [-0.2, 0) is 39.6 Å². The summed E-state index contributed by atoms with van der Waals surface area (Å²) in [5.74, 6) is -1.51. The summed E-state index contributed by atoms with van der Waals surface area (Å²) in [6, 6.07) is 17.5. The Morgan fingerprint density at radius 1 is 1.12 bits per heavy atom. The van der Waals surface area contributed by atoms with Crippen molar-refractivity contribution in [3.05, 3.63) is 95.0 Å². The lowest BCUT2D eigenvalue weighted by Gasteiger charge is -2.31. The average molecular weight is 682 g/mol. The maximum Gasteiger partial charge on any atom is 0.459 e. The number of hydrogen-bond donors (Lipinski definition) is 3. The summed E-state index contributed by atoms with van der Waals surface area (Å²) in [6.45, 7) is 0.286. The van der Waals surface area contributed by atoms with Crippen LogP contribution in [0.5, 0.6) is 11.5 Å². The number of aliphatic hydroxyl groups is 2. The Morgan fingerprint density at radius 3 is 2.46 bits per heavy atom. The van der Waals surface area contributed by atoms with Crippen LogP contribution in [0.15, 0.2) is 84.1 Å². The molecule has 0 radical (unpaired) electrons. The molecule has 3 N–H and O–H groups in total. The van der Waals surface area contributed by atoms with Gasteiger partial charge in [0.2, 0.25) is 11.6 Å². The van der Waals surface area contributed by atoms with E-state index in [1.54, 1.807) is 60.7 Å². The van der Waals surface area contributed by atoms with Gasteiger partial charge < -0.3 is 28.9 Å². The smallest absolute Gasteiger partial charge is 0.459 e. The minimum Gasteiger partial charge on any atom is -0.496 e. The minimum absolute atomic E-state index is 0.0458. The fraction of sp³-hybridized carbons (Fsp3) is 0.323. The van der Waals surface area contributed by atoms with Crippen molar-refractivity contribution >= 4 is 36.2 Å². The predicted octanol–water partition coefficient (Wildman–Crippen LogP) is 3.47. The molecule has 0 saturated carbocycles. The number of nitrogens with one attached hydrogen (secondary N) is 1. The Kier molecular flexibility index (Phi) is 10.5. The summed E-state index contributed by atoms with van der Waals surface area (Å²) in [5, 5.41) is 29.0. The lowest BCUT2D eigenvalue weighted by atomic mass is 10.1. The van der Waals surface area contributed by atoms with E-state index >= 15 is 0 Å². The zero-order valence-electron chi connectivity index (χ0n) is 25.7. The van der Waals surface area contributed by atoms with E-state index < -0.39 is 68.6 Å². The van der Waals surface area contributed by atoms with Crippen molar-refractivity contribution in [2.24, 2.45) is 5.11 Å². The number of benzene rings is 3. The van der Waals surface area contributed by atoms with Crippen molar-refractivity contribution in [1.29, 1.82) is 0 Å². The van der Waals surface area contributed by atoms with Crippen LogP contribution in [0.4, 0.5) is 0 Å². The zero-order valence-corrected chi connectivity index (χ0v) is 26.6. The second-order valence-electron chi connectivity index (χ2n) is 10.9. The maximum atomic E-state index is 14.5. The van der Waals surface area contributed by atoms with E-state index in [9.17, 15) is 34.7 Å². The molecule has 2 aliphatic heterocycles. The van der Waals surface area contributed by atoms with E-state index in [0.29, 0.717) is 22.1 Å². The van der Waals surface area contributed by atoms with Gasteiger partial charge in [-0.15, -0.1) is 0 Å². The van der Waals surface area contributed by atoms with Crippen LogP contribution >= 0.6 is 7.75 Å². The number of aliphatic hydroxyl groups excluding tert-OH is 2. The van der Waals surface area contributed by atoms with Crippen molar-refractivity contribution in [2.75, 3.05) is 13.7 Å². The Labute approximate surface area is 274 Å². The van der Waals surface area contributed by atoms with Gasteiger partial charge in [-0.05, 0) is 36.2 Å². The van der Waals surface area contributed by atoms with E-state index in [2.05, 4.69) is 15.1 Å². The van der Waals surface area contributed by atoms with Crippen molar-refractivity contribution in [3.63, 3.8) is 0 Å². The first-order chi connectivity index (χ1) is 23.0. The van der Waals surface area contributed by atoms with E-state index in [0.717, 1.165) is 17.2 Å². The number of esters is 1. The molecule has 1 saturated heterocycles. The monoisotopic (exact) mass is 681 g/mol. The molecule has 16 nitrogen and oxygen atoms in total. The summed E-state index contributed by atoms with van der Waals surface area (Å²) in [5.41, 5.74) is 7.64. The van der Waals surface area contributed by atoms with Crippen molar-refractivity contribution < 1.29 is 52.4 Å². The number of allylic oxidation sites excluding steroid dienone is 1. The van der Waals surface area contributed by atoms with Crippen molar-refractivity contribution in [2.45, 2.75) is 50.2 Å². The molecule has 17 heteroatoms. The number of ether oxygens (including phenoxy) is 3. The zero-order chi connectivity index (χ0) is 34.5. The number of fused-ring (bicyclic) bond motifs is 1. The molecule has 6 atom stereocenters. The second-order valence-corrected chi connectivity index (χ2v) is 12.5. The molecule has 2 heterocycles. The van der Waals surface area contributed by atoms with Crippen molar-refractivity contribution in [1.82, 2.24) is 9.99 Å². The highest BCUT2D eigenvalue weighted by atomic mass is 31.2. The number of hydrogen-bond acceptors (Lipinski definition) is 12. The summed E-state index contributed by atoms with van der Waals surface area (Å²) in [4.78, 5) is 40.8. The van der Waals surface area contributed by atoms with Crippen LogP contribution in [0.1, 0.15) is 18.9 Å². The molecule has 0 spiro atoms. The van der Waals surface area contributed by atoms with Crippen LogP contribution in [0, 0.1) is 0 Å². The molecular formula is C31H32N5O11P. The van der Waals surface area contributed by atoms with Gasteiger partial charge in [0.25, 0.3) is 0 Å². The highest BCUT2D eigenvalue weighted by Crippen LogP contribution is 2.49. The molecule has 1 unspecified atom stereocenters. The Hall–Kier alpha value is -4.79. The summed E-state index contributed by atoms with van der Waals surface area (Å²) < 4.78 is 42.6. The van der Waals surface area contributed by atoms with Crippen LogP contribution < -0.4 is 14.3 Å². The molecule has 3 aromatic carbocycles. The molecule has 2 aliphatic rings. The van der Waals surface area contributed by atoms with Crippen LogP contribution in [-0.4, -0.2) is 76.7 Å². The first-order valence-electron chi connectivity index (χ1n) is 14.6. The van der Waals surface area contributed by atoms with Crippen LogP contribution in [0.25, 0.3) is 21.2 Å². The van der Waals surface area contributed by atoms with E-state index in [4.69, 9.17) is 23.3 Å². The fourth-order valence-corrected chi connectivity index (χ4v) is 6.65. The molecule has 3 aromatic rings. The van der Waals surface area contributed by atoms with Gasteiger partial charge >= 0.3 is 13.7 Å². The van der Waals surface area contributed by atoms with Gasteiger partial charge in [-0.25, -0.2) is 4.57 Å². The number of carbonyl (C=O) groups is 3. The number of methoxy groups -OCH3 is 1. The van der Waals surface area contributed by atoms with Gasteiger partial charge in [0, 0.05) is 21.9 Å². The number of carbonyl (C=O) groups excluding carboxylic acids is 3. The third-order valence-electron chi connectivity index (χ3n) is 7.58. The first kappa shape index (κ1) is 34.5. The molecule has 0 aromatic heterocycles. The van der Waals surface area contributed by atoms with Crippen molar-refractivity contribution in [3.8, 4) is 11.5 Å². The Morgan fingerprint density at radius 2 is 1.79 bits per heavy atom. The van der Waals surface area contributed by atoms with Gasteiger partial charge in [-0.3, -0.25) is 23.8 Å². The average Bonchev–Trinajstić information content (AvgIpc) is 3.32. The number of ketones is 1. The highest BCUT2D eigenvalue weighted by molar-refractivity contribution is 7.52. The van der Waals surface area contributed by atoms with E-state index in [1.165, 1.54) is 20.1 Å². The minimum atomic E-state index is -4.70. The van der Waals surface area contributed by atoms with Gasteiger partial charge in [0.1, 0.15) is 36.4 Å². The topological polar surface area (TPSA) is 219 Å². The van der Waals surface area contributed by atoms with Gasteiger partial charge in [0.15, 0.2) is 12.0 Å². The number of rotatable bonds is 13. The number of nitrogens with zero attached hydrogens (tertiary/aromatic N) is 4. The lowest BCUT2D eigenvalue weighted by Crippen LogP contribution is -2.46. The third kappa shape index (κ3) is 7.35. The fourth-order valence-electron chi connectivity index (χ4n) is 5.11. The third-order valence-corrected chi connectivity index (χ3v) is 9.19. The number of azide groups is 1. The van der Waals surface area contributed by atoms with Crippen LogP contribution in [0.3, 0.4) is 0 Å². The summed E-state index contributed by atoms with van der Waals surface area (Å²) in [6.07, 6.45) is -3.86. The lowest BCUT2D eigenvalue weighted by molar-refractivity contribution is -0.159. The molecule has 0 aliphatic carbocycles. The van der Waals surface area contributed by atoms with E-state index in [-0.39, 0.29) is 12.4 Å². The predicted molar refractivity (Wildman–Crippen MR) is 168 cm³/mol. The summed E-state index contributed by atoms with van der Waals surface area (Å²) >= 11 is 0. The Bertz CT molecular complexity index is 1820. The molecule has 252 valence electrons. The van der Waals surface area contributed by atoms with Crippen LogP contribution in [0.2, 0.25) is 0 Å². The number of amides is 1. The standard InChI is InChI=1S/C31H32N5O11P/c1-19(30(41)44-17-20-8-4-3-5-9-20)33-48(42,47-25-13-12-24(43-2)22-10-6-7-11-23(22)25)45-18-31(34-35-32)28(40)27(39)29(46-31)36-15-14-21(37)16-26(36)38/h3-15,19,27-29,39-40H,16-18H2,1-2H3,(H,33,42)/t19-,27+,28-,29+,31+,48?/m0/s1. The molecule has 0 bridgehead atoms. The van der Waals surface area contributed by atoms with E-state index in [1.807, 2.05) is 0 Å². The van der Waals surface area contributed by atoms with Gasteiger partial charge in [0.05, 0.1) is 20.1 Å². The van der Waals surface area contributed by atoms with Gasteiger partial charge in [-0.2, -0.15) is 5.09 Å². The quantitative estimate of drug-likeness (QED) is 0.0590. The second kappa shape index (κ2) is 14.5. The highest BCUT2D eigenvalue weighted by Gasteiger charge is 2.58. The molecule has 5 rings (SSSR count).